The number of Topliss-reactive ketones (excluding diaryl/α,β-unsaturated/α-hetero) is 1. The van der Waals surface area contributed by atoms with Gasteiger partial charge < -0.3 is 5.11 Å². The molecule has 0 aromatic heterocycles. The monoisotopic (exact) mass is 440 g/mol. The number of rotatable bonds is 2. The van der Waals surface area contributed by atoms with Crippen molar-refractivity contribution in [3.63, 3.8) is 0 Å². The standard InChI is InChI=1S/C29H41FO2/c1-25(32)14-15-26(2)20(18-25)8-11-23-28(4)13-12-22(27(28,3)16-17-29(23,26)5)24(31)19-6-9-21(30)10-7-19/h6-7,9-10,20,22-23,32H,8,11-18H2,1-5H3/t20-,22+,23-,25+,26-,27+,28-,29-/m0/s1. The van der Waals surface area contributed by atoms with Crippen LogP contribution in [0.2, 0.25) is 0 Å². The predicted octanol–water partition coefficient (Wildman–Crippen LogP) is 7.20. The van der Waals surface area contributed by atoms with E-state index in [1.807, 2.05) is 6.92 Å². The molecule has 4 aliphatic carbocycles. The SMILES string of the molecule is C[C@@]1(O)CC[C@@]2(C)[C@@H](CC[C@@H]3[C@]2(C)CC[C@]2(C)[C@@H](C(=O)c4ccc(F)cc4)CC[C@@]32C)C1. The van der Waals surface area contributed by atoms with E-state index in [0.717, 1.165) is 38.5 Å². The van der Waals surface area contributed by atoms with Crippen LogP contribution in [-0.4, -0.2) is 16.5 Å². The molecule has 0 saturated heterocycles. The highest BCUT2D eigenvalue weighted by atomic mass is 19.1. The van der Waals surface area contributed by atoms with E-state index >= 15 is 0 Å². The van der Waals surface area contributed by atoms with Gasteiger partial charge in [0.05, 0.1) is 5.60 Å². The van der Waals surface area contributed by atoms with Crippen molar-refractivity contribution in [1.29, 1.82) is 0 Å². The maximum atomic E-state index is 13.6. The number of fused-ring (bicyclic) bond motifs is 5. The minimum absolute atomic E-state index is 0.00793. The van der Waals surface area contributed by atoms with Gasteiger partial charge in [0.2, 0.25) is 0 Å². The van der Waals surface area contributed by atoms with Crippen molar-refractivity contribution in [2.75, 3.05) is 0 Å². The van der Waals surface area contributed by atoms with Gasteiger partial charge >= 0.3 is 0 Å². The van der Waals surface area contributed by atoms with Crippen LogP contribution in [0.15, 0.2) is 24.3 Å². The Bertz CT molecular complexity index is 922. The molecule has 32 heavy (non-hydrogen) atoms. The maximum absolute atomic E-state index is 13.6. The summed E-state index contributed by atoms with van der Waals surface area (Å²) >= 11 is 0. The molecule has 0 aliphatic heterocycles. The zero-order chi connectivity index (χ0) is 23.2. The Balaban J connectivity index is 1.48. The molecule has 0 spiro atoms. The third kappa shape index (κ3) is 2.82. The Hall–Kier alpha value is -1.22. The molecule has 5 rings (SSSR count). The molecule has 1 aromatic carbocycles. The molecule has 3 heteroatoms. The van der Waals surface area contributed by atoms with Gasteiger partial charge in [0.1, 0.15) is 5.82 Å². The number of ketones is 1. The van der Waals surface area contributed by atoms with Gasteiger partial charge in [-0.05, 0) is 122 Å². The summed E-state index contributed by atoms with van der Waals surface area (Å²) in [4.78, 5) is 13.6. The molecule has 0 heterocycles. The topological polar surface area (TPSA) is 37.3 Å². The lowest BCUT2D eigenvalue weighted by molar-refractivity contribution is -0.221. The summed E-state index contributed by atoms with van der Waals surface area (Å²) in [6.45, 7) is 12.0. The lowest BCUT2D eigenvalue weighted by Crippen LogP contribution is -2.64. The molecule has 0 radical (unpaired) electrons. The summed E-state index contributed by atoms with van der Waals surface area (Å²) < 4.78 is 13.5. The first-order valence-corrected chi connectivity index (χ1v) is 12.9. The van der Waals surface area contributed by atoms with Crippen molar-refractivity contribution in [1.82, 2.24) is 0 Å². The van der Waals surface area contributed by atoms with E-state index in [2.05, 4.69) is 27.7 Å². The first-order chi connectivity index (χ1) is 14.9. The van der Waals surface area contributed by atoms with Crippen LogP contribution in [0.5, 0.6) is 0 Å². The number of aliphatic hydroxyl groups is 1. The zero-order valence-electron chi connectivity index (χ0n) is 20.6. The van der Waals surface area contributed by atoms with Gasteiger partial charge in [0.15, 0.2) is 5.78 Å². The van der Waals surface area contributed by atoms with E-state index in [0.29, 0.717) is 17.4 Å². The first-order valence-electron chi connectivity index (χ1n) is 12.9. The van der Waals surface area contributed by atoms with Crippen LogP contribution in [0.3, 0.4) is 0 Å². The van der Waals surface area contributed by atoms with Crippen molar-refractivity contribution in [2.45, 2.75) is 98.0 Å². The average Bonchev–Trinajstić information content (AvgIpc) is 3.01. The molecular formula is C29H41FO2. The Labute approximate surface area is 193 Å². The average molecular weight is 441 g/mol. The number of carbonyl (C=O) groups excluding carboxylic acids is 1. The highest BCUT2D eigenvalue weighted by Gasteiger charge is 2.70. The van der Waals surface area contributed by atoms with Crippen molar-refractivity contribution >= 4 is 5.78 Å². The molecule has 4 fully saturated rings. The van der Waals surface area contributed by atoms with Gasteiger partial charge in [-0.1, -0.05) is 27.7 Å². The number of carbonyl (C=O) groups is 1. The molecule has 4 aliphatic rings. The van der Waals surface area contributed by atoms with Crippen LogP contribution in [-0.2, 0) is 0 Å². The maximum Gasteiger partial charge on any atom is 0.166 e. The fourth-order valence-electron chi connectivity index (χ4n) is 9.56. The van der Waals surface area contributed by atoms with Crippen LogP contribution in [0.4, 0.5) is 4.39 Å². The Morgan fingerprint density at radius 1 is 0.812 bits per heavy atom. The number of hydrogen-bond donors (Lipinski definition) is 1. The quantitative estimate of drug-likeness (QED) is 0.494. The molecule has 2 nitrogen and oxygen atoms in total. The molecule has 0 amide bonds. The third-order valence-corrected chi connectivity index (χ3v) is 12.1. The Morgan fingerprint density at radius 3 is 2.09 bits per heavy atom. The van der Waals surface area contributed by atoms with Gasteiger partial charge in [0, 0.05) is 11.5 Å². The van der Waals surface area contributed by atoms with E-state index in [9.17, 15) is 14.3 Å². The summed E-state index contributed by atoms with van der Waals surface area (Å²) in [6, 6.07) is 6.18. The zero-order valence-corrected chi connectivity index (χ0v) is 20.6. The van der Waals surface area contributed by atoms with Crippen LogP contribution < -0.4 is 0 Å². The van der Waals surface area contributed by atoms with Gasteiger partial charge in [0.25, 0.3) is 0 Å². The molecule has 8 atom stereocenters. The normalized spacial score (nSPS) is 50.3. The summed E-state index contributed by atoms with van der Waals surface area (Å²) in [6.07, 6.45) is 9.70. The van der Waals surface area contributed by atoms with E-state index in [1.165, 1.54) is 31.4 Å². The minimum atomic E-state index is -0.513. The second-order valence-corrected chi connectivity index (χ2v) is 13.2. The molecule has 4 saturated carbocycles. The van der Waals surface area contributed by atoms with Gasteiger partial charge in [-0.25, -0.2) is 4.39 Å². The van der Waals surface area contributed by atoms with Crippen LogP contribution in [0, 0.1) is 45.2 Å². The summed E-state index contributed by atoms with van der Waals surface area (Å²) in [5, 5.41) is 10.8. The lowest BCUT2D eigenvalue weighted by Gasteiger charge is -2.70. The van der Waals surface area contributed by atoms with Crippen molar-refractivity contribution in [3.05, 3.63) is 35.6 Å². The van der Waals surface area contributed by atoms with E-state index < -0.39 is 5.60 Å². The summed E-state index contributed by atoms with van der Waals surface area (Å²) in [5.41, 5.74) is 0.817. The van der Waals surface area contributed by atoms with Crippen LogP contribution in [0.1, 0.15) is 103 Å². The minimum Gasteiger partial charge on any atom is -0.390 e. The first kappa shape index (κ1) is 22.6. The van der Waals surface area contributed by atoms with Gasteiger partial charge in [-0.15, -0.1) is 0 Å². The van der Waals surface area contributed by atoms with Crippen molar-refractivity contribution in [3.8, 4) is 0 Å². The number of hydrogen-bond acceptors (Lipinski definition) is 2. The Morgan fingerprint density at radius 2 is 1.41 bits per heavy atom. The Kier molecular flexibility index (Phi) is 4.87. The molecule has 1 aromatic rings. The predicted molar refractivity (Wildman–Crippen MR) is 126 cm³/mol. The second-order valence-electron chi connectivity index (χ2n) is 13.2. The fraction of sp³-hybridized carbons (Fsp3) is 0.759. The lowest BCUT2D eigenvalue weighted by atomic mass is 9.34. The fourth-order valence-corrected chi connectivity index (χ4v) is 9.56. The molecular weight excluding hydrogens is 399 g/mol. The molecule has 0 bridgehead atoms. The highest BCUT2D eigenvalue weighted by molar-refractivity contribution is 5.98. The van der Waals surface area contributed by atoms with Crippen molar-refractivity contribution < 1.29 is 14.3 Å². The third-order valence-electron chi connectivity index (χ3n) is 12.1. The number of benzene rings is 1. The highest BCUT2D eigenvalue weighted by Crippen LogP contribution is 2.77. The summed E-state index contributed by atoms with van der Waals surface area (Å²) in [7, 11) is 0. The molecule has 1 N–H and O–H groups in total. The van der Waals surface area contributed by atoms with Gasteiger partial charge in [-0.2, -0.15) is 0 Å². The smallest absolute Gasteiger partial charge is 0.166 e. The van der Waals surface area contributed by atoms with Crippen molar-refractivity contribution in [2.24, 2.45) is 39.4 Å². The van der Waals surface area contributed by atoms with E-state index in [-0.39, 0.29) is 39.2 Å². The molecule has 176 valence electrons. The van der Waals surface area contributed by atoms with E-state index in [4.69, 9.17) is 0 Å². The van der Waals surface area contributed by atoms with Crippen LogP contribution in [0.25, 0.3) is 0 Å². The summed E-state index contributed by atoms with van der Waals surface area (Å²) in [5.74, 6) is 1.17. The number of halogens is 1. The second kappa shape index (κ2) is 6.90. The largest absolute Gasteiger partial charge is 0.390 e. The van der Waals surface area contributed by atoms with E-state index in [1.54, 1.807) is 12.1 Å². The van der Waals surface area contributed by atoms with Crippen LogP contribution >= 0.6 is 0 Å². The molecule has 0 unspecified atom stereocenters. The van der Waals surface area contributed by atoms with Gasteiger partial charge in [-0.3, -0.25) is 4.79 Å².